The molecule has 5 rings (SSSR count). The number of methoxy groups -OCH3 is 2. The summed E-state index contributed by atoms with van der Waals surface area (Å²) in [6, 6.07) is 19.3. The first-order chi connectivity index (χ1) is 23.2. The standard InChI is InChI=1S/C35H37N3O9S2/c1-22-18-23(2)34(24(3)19-22)49(44,45)38(21-32(39)40)31-11-7-10-30-29(31)16-17-37(30)33(25-8-6-9-27(20-25)47-5)35(41)36-48(42,43)28-14-12-26(46-4)13-15-28/h6-15,18-20,33H,16-17,21H2,1-5H3,(H,36,41)(H,39,40). The molecule has 1 atom stereocenters. The molecule has 1 aliphatic rings. The molecule has 1 aliphatic heterocycles. The number of aryl methyl sites for hydroxylation is 3. The lowest BCUT2D eigenvalue weighted by molar-refractivity contribution is -0.135. The van der Waals surface area contributed by atoms with Gasteiger partial charge in [0.25, 0.3) is 26.0 Å². The molecular weight excluding hydrogens is 671 g/mol. The van der Waals surface area contributed by atoms with Gasteiger partial charge in [0.15, 0.2) is 0 Å². The third-order valence-electron chi connectivity index (χ3n) is 8.31. The van der Waals surface area contributed by atoms with Crippen LogP contribution in [0.3, 0.4) is 0 Å². The Hall–Kier alpha value is -5.08. The van der Waals surface area contributed by atoms with Gasteiger partial charge in [-0.05, 0) is 92.4 Å². The number of sulfonamides is 2. The van der Waals surface area contributed by atoms with Crippen LogP contribution in [0, 0.1) is 20.8 Å². The van der Waals surface area contributed by atoms with Crippen LogP contribution in [0.2, 0.25) is 0 Å². The van der Waals surface area contributed by atoms with Crippen LogP contribution >= 0.6 is 0 Å². The minimum Gasteiger partial charge on any atom is -0.497 e. The molecule has 258 valence electrons. The fourth-order valence-electron chi connectivity index (χ4n) is 6.34. The molecule has 2 N–H and O–H groups in total. The van der Waals surface area contributed by atoms with Gasteiger partial charge < -0.3 is 19.5 Å². The number of ether oxygens (including phenoxy) is 2. The SMILES string of the molecule is COc1ccc(S(=O)(=O)NC(=O)C(c2cccc(OC)c2)N2CCc3c2cccc3N(CC(=O)O)S(=O)(=O)c2c(C)cc(C)cc2C)cc1. The van der Waals surface area contributed by atoms with E-state index in [1.807, 2.05) is 6.92 Å². The Kier molecular flexibility index (Phi) is 9.92. The van der Waals surface area contributed by atoms with E-state index in [1.165, 1.54) is 44.6 Å². The molecule has 0 aromatic heterocycles. The fourth-order valence-corrected chi connectivity index (χ4v) is 9.19. The van der Waals surface area contributed by atoms with Crippen LogP contribution < -0.4 is 23.4 Å². The quantitative estimate of drug-likeness (QED) is 0.214. The van der Waals surface area contributed by atoms with E-state index in [9.17, 15) is 31.5 Å². The molecule has 4 aromatic rings. The second kappa shape index (κ2) is 13.8. The second-order valence-electron chi connectivity index (χ2n) is 11.7. The number of nitrogens with one attached hydrogen (secondary N) is 1. The monoisotopic (exact) mass is 707 g/mol. The van der Waals surface area contributed by atoms with Crippen LogP contribution in [0.1, 0.15) is 33.9 Å². The number of carboxylic acid groups (broad SMARTS) is 1. The summed E-state index contributed by atoms with van der Waals surface area (Å²) < 4.78 is 68.9. The number of hydrogen-bond acceptors (Lipinski definition) is 9. The first-order valence-corrected chi connectivity index (χ1v) is 18.2. The summed E-state index contributed by atoms with van der Waals surface area (Å²) in [4.78, 5) is 27.8. The lowest BCUT2D eigenvalue weighted by Gasteiger charge is -2.31. The number of rotatable bonds is 12. The van der Waals surface area contributed by atoms with Crippen LogP contribution in [0.25, 0.3) is 0 Å². The number of carboxylic acids is 1. The smallest absolute Gasteiger partial charge is 0.324 e. The highest BCUT2D eigenvalue weighted by Gasteiger charge is 2.38. The van der Waals surface area contributed by atoms with Gasteiger partial charge in [-0.2, -0.15) is 0 Å². The number of carbonyl (C=O) groups is 2. The zero-order valence-corrected chi connectivity index (χ0v) is 29.3. The van der Waals surface area contributed by atoms with E-state index >= 15 is 0 Å². The van der Waals surface area contributed by atoms with Gasteiger partial charge in [-0.25, -0.2) is 21.6 Å². The Morgan fingerprint density at radius 3 is 2.12 bits per heavy atom. The van der Waals surface area contributed by atoms with Crippen LogP contribution in [-0.2, 0) is 36.1 Å². The molecule has 0 spiro atoms. The minimum atomic E-state index is -4.37. The molecular formula is C35H37N3O9S2. The van der Waals surface area contributed by atoms with Gasteiger partial charge >= 0.3 is 5.97 Å². The average Bonchev–Trinajstić information content (AvgIpc) is 3.46. The third-order valence-corrected chi connectivity index (χ3v) is 11.7. The van der Waals surface area contributed by atoms with Crippen molar-refractivity contribution in [1.82, 2.24) is 4.72 Å². The molecule has 12 nitrogen and oxygen atoms in total. The summed E-state index contributed by atoms with van der Waals surface area (Å²) in [6.07, 6.45) is 0.238. The Morgan fingerprint density at radius 1 is 0.878 bits per heavy atom. The minimum absolute atomic E-state index is 0.0178. The molecule has 14 heteroatoms. The Morgan fingerprint density at radius 2 is 1.51 bits per heavy atom. The van der Waals surface area contributed by atoms with Crippen LogP contribution in [0.4, 0.5) is 11.4 Å². The highest BCUT2D eigenvalue weighted by Crippen LogP contribution is 2.42. The molecule has 1 amide bonds. The molecule has 0 saturated heterocycles. The van der Waals surface area contributed by atoms with Gasteiger partial charge in [-0.1, -0.05) is 35.9 Å². The van der Waals surface area contributed by atoms with Gasteiger partial charge in [0.05, 0.1) is 29.7 Å². The summed E-state index contributed by atoms with van der Waals surface area (Å²) in [5.74, 6) is -1.33. The summed E-state index contributed by atoms with van der Waals surface area (Å²) in [6.45, 7) is 4.53. The Balaban J connectivity index is 1.61. The number of fused-ring (bicyclic) bond motifs is 1. The number of aliphatic carboxylic acids is 1. The first kappa shape index (κ1) is 35.2. The van der Waals surface area contributed by atoms with Crippen molar-refractivity contribution in [3.8, 4) is 11.5 Å². The van der Waals surface area contributed by atoms with E-state index in [4.69, 9.17) is 9.47 Å². The number of anilines is 2. The molecule has 0 bridgehead atoms. The maximum atomic E-state index is 14.3. The van der Waals surface area contributed by atoms with Crippen molar-refractivity contribution in [2.75, 3.05) is 36.5 Å². The largest absolute Gasteiger partial charge is 0.497 e. The highest BCUT2D eigenvalue weighted by atomic mass is 32.2. The van der Waals surface area contributed by atoms with Gasteiger partial charge in [0, 0.05) is 17.8 Å². The second-order valence-corrected chi connectivity index (χ2v) is 15.2. The lowest BCUT2D eigenvalue weighted by atomic mass is 10.0. The number of benzene rings is 4. The molecule has 0 fully saturated rings. The predicted octanol–water partition coefficient (Wildman–Crippen LogP) is 4.52. The van der Waals surface area contributed by atoms with E-state index in [0.29, 0.717) is 39.4 Å². The van der Waals surface area contributed by atoms with E-state index in [0.717, 1.165) is 9.87 Å². The Bertz CT molecular complexity index is 2110. The molecule has 0 aliphatic carbocycles. The van der Waals surface area contributed by atoms with E-state index in [2.05, 4.69) is 4.72 Å². The summed E-state index contributed by atoms with van der Waals surface area (Å²) in [5, 5.41) is 9.88. The Labute approximate surface area is 286 Å². The zero-order chi connectivity index (χ0) is 35.7. The van der Waals surface area contributed by atoms with Crippen molar-refractivity contribution < 1.29 is 41.0 Å². The van der Waals surface area contributed by atoms with Gasteiger partial charge in [0.2, 0.25) is 0 Å². The summed E-state index contributed by atoms with van der Waals surface area (Å²) in [7, 11) is -5.78. The lowest BCUT2D eigenvalue weighted by Crippen LogP contribution is -2.42. The summed E-state index contributed by atoms with van der Waals surface area (Å²) >= 11 is 0. The van der Waals surface area contributed by atoms with Crippen molar-refractivity contribution in [2.24, 2.45) is 0 Å². The number of carbonyl (C=O) groups excluding carboxylic acids is 1. The van der Waals surface area contributed by atoms with Crippen molar-refractivity contribution >= 4 is 43.3 Å². The molecule has 0 saturated carbocycles. The molecule has 49 heavy (non-hydrogen) atoms. The molecule has 4 aromatic carbocycles. The third kappa shape index (κ3) is 7.06. The topological polar surface area (TPSA) is 160 Å². The fraction of sp³-hybridized carbons (Fsp3) is 0.257. The van der Waals surface area contributed by atoms with E-state index in [1.54, 1.807) is 67.3 Å². The average molecular weight is 708 g/mol. The van der Waals surface area contributed by atoms with Crippen molar-refractivity contribution in [2.45, 2.75) is 43.0 Å². The first-order valence-electron chi connectivity index (χ1n) is 15.2. The van der Waals surface area contributed by atoms with E-state index < -0.39 is 44.5 Å². The van der Waals surface area contributed by atoms with Crippen molar-refractivity contribution in [3.05, 3.63) is 107 Å². The maximum Gasteiger partial charge on any atom is 0.324 e. The number of nitrogens with zero attached hydrogens (tertiary/aromatic N) is 2. The molecule has 1 unspecified atom stereocenters. The van der Waals surface area contributed by atoms with Gasteiger partial charge in [0.1, 0.15) is 24.1 Å². The predicted molar refractivity (Wildman–Crippen MR) is 184 cm³/mol. The number of hydrogen-bond donors (Lipinski definition) is 2. The van der Waals surface area contributed by atoms with Crippen molar-refractivity contribution in [3.63, 3.8) is 0 Å². The summed E-state index contributed by atoms with van der Waals surface area (Å²) in [5.41, 5.74) is 3.34. The van der Waals surface area contributed by atoms with Crippen LogP contribution in [0.5, 0.6) is 11.5 Å². The van der Waals surface area contributed by atoms with Gasteiger partial charge in [-0.15, -0.1) is 0 Å². The highest BCUT2D eigenvalue weighted by molar-refractivity contribution is 7.93. The van der Waals surface area contributed by atoms with E-state index in [-0.39, 0.29) is 28.4 Å². The van der Waals surface area contributed by atoms with Gasteiger partial charge in [-0.3, -0.25) is 13.9 Å². The van der Waals surface area contributed by atoms with Crippen LogP contribution in [0.15, 0.2) is 88.7 Å². The number of amides is 1. The van der Waals surface area contributed by atoms with Crippen LogP contribution in [-0.4, -0.2) is 61.1 Å². The van der Waals surface area contributed by atoms with Crippen molar-refractivity contribution in [1.29, 1.82) is 0 Å². The normalized spacial score (nSPS) is 13.4. The molecule has 0 radical (unpaired) electrons. The molecule has 1 heterocycles. The maximum absolute atomic E-state index is 14.3. The zero-order valence-electron chi connectivity index (χ0n) is 27.6.